The largest absolute Gasteiger partial charge is 0.265 e. The van der Waals surface area contributed by atoms with E-state index in [9.17, 15) is 0 Å². The Hall–Kier alpha value is -1.15. The topological polar surface area (TPSA) is 12.9 Å². The summed E-state index contributed by atoms with van der Waals surface area (Å²) in [6, 6.07) is 14.8. The molecule has 0 aliphatic rings. The Morgan fingerprint density at radius 2 is 1.71 bits per heavy atom. The molecule has 0 amide bonds. The number of nitrogens with zero attached hydrogens (tertiary/aromatic N) is 1. The molecule has 2 heteroatoms. The zero-order valence-electron chi connectivity index (χ0n) is 9.72. The lowest BCUT2D eigenvalue weighted by molar-refractivity contribution is 0.729. The average molecular weight is 290 g/mol. The smallest absolute Gasteiger partial charge is 0.0395 e. The van der Waals surface area contributed by atoms with E-state index in [0.29, 0.717) is 4.83 Å². The summed E-state index contributed by atoms with van der Waals surface area (Å²) in [5.74, 6) is 0. The standard InChI is InChI=1S/C15H16BrN/c16-15(14-6-2-1-3-7-14)8-4-5-13-9-11-17-12-10-13/h1-3,6-7,9-12,15H,4-5,8H2. The summed E-state index contributed by atoms with van der Waals surface area (Å²) in [4.78, 5) is 4.49. The van der Waals surface area contributed by atoms with Gasteiger partial charge in [-0.2, -0.15) is 0 Å². The van der Waals surface area contributed by atoms with Gasteiger partial charge in [0.1, 0.15) is 0 Å². The summed E-state index contributed by atoms with van der Waals surface area (Å²) in [5.41, 5.74) is 2.73. The van der Waals surface area contributed by atoms with Crippen LogP contribution in [0.1, 0.15) is 28.8 Å². The zero-order valence-corrected chi connectivity index (χ0v) is 11.3. The Bertz CT molecular complexity index is 427. The van der Waals surface area contributed by atoms with Crippen molar-refractivity contribution < 1.29 is 0 Å². The highest BCUT2D eigenvalue weighted by atomic mass is 79.9. The maximum Gasteiger partial charge on any atom is 0.0395 e. The molecule has 0 N–H and O–H groups in total. The number of alkyl halides is 1. The number of halogens is 1. The molecule has 1 heterocycles. The van der Waals surface area contributed by atoms with Gasteiger partial charge in [-0.25, -0.2) is 0 Å². The molecule has 0 radical (unpaired) electrons. The molecule has 0 fully saturated rings. The van der Waals surface area contributed by atoms with E-state index in [2.05, 4.69) is 63.4 Å². The summed E-state index contributed by atoms with van der Waals surface area (Å²) in [5, 5.41) is 0. The zero-order chi connectivity index (χ0) is 11.9. The van der Waals surface area contributed by atoms with Crippen molar-refractivity contribution in [1.82, 2.24) is 4.98 Å². The van der Waals surface area contributed by atoms with E-state index in [1.54, 1.807) is 0 Å². The first-order valence-corrected chi connectivity index (χ1v) is 6.86. The van der Waals surface area contributed by atoms with Crippen LogP contribution in [0.25, 0.3) is 0 Å². The average Bonchev–Trinajstić information content (AvgIpc) is 2.41. The Balaban J connectivity index is 1.79. The van der Waals surface area contributed by atoms with E-state index < -0.39 is 0 Å². The van der Waals surface area contributed by atoms with Gasteiger partial charge in [-0.1, -0.05) is 46.3 Å². The first kappa shape index (κ1) is 12.3. The fraction of sp³-hybridized carbons (Fsp3) is 0.267. The van der Waals surface area contributed by atoms with Crippen LogP contribution in [-0.2, 0) is 6.42 Å². The molecule has 0 bridgehead atoms. The van der Waals surface area contributed by atoms with Gasteiger partial charge in [-0.3, -0.25) is 4.98 Å². The molecule has 17 heavy (non-hydrogen) atoms. The molecular weight excluding hydrogens is 274 g/mol. The SMILES string of the molecule is BrC(CCCc1ccncc1)c1ccccc1. The van der Waals surface area contributed by atoms with Crippen molar-refractivity contribution in [2.24, 2.45) is 0 Å². The molecule has 1 nitrogen and oxygen atoms in total. The molecule has 0 saturated carbocycles. The second-order valence-corrected chi connectivity index (χ2v) is 5.23. The molecule has 88 valence electrons. The molecule has 0 aliphatic heterocycles. The van der Waals surface area contributed by atoms with Gasteiger partial charge in [0.2, 0.25) is 0 Å². The van der Waals surface area contributed by atoms with Crippen LogP contribution in [0, 0.1) is 0 Å². The van der Waals surface area contributed by atoms with Gasteiger partial charge in [0, 0.05) is 17.2 Å². The first-order chi connectivity index (χ1) is 8.36. The number of aryl methyl sites for hydroxylation is 1. The summed E-state index contributed by atoms with van der Waals surface area (Å²) in [6.45, 7) is 0. The molecule has 1 unspecified atom stereocenters. The van der Waals surface area contributed by atoms with Crippen molar-refractivity contribution in [1.29, 1.82) is 0 Å². The minimum atomic E-state index is 0.463. The van der Waals surface area contributed by atoms with Crippen LogP contribution in [0.3, 0.4) is 0 Å². The van der Waals surface area contributed by atoms with E-state index in [4.69, 9.17) is 0 Å². The fourth-order valence-electron chi connectivity index (χ4n) is 1.86. The van der Waals surface area contributed by atoms with Gasteiger partial charge >= 0.3 is 0 Å². The highest BCUT2D eigenvalue weighted by Crippen LogP contribution is 2.27. The van der Waals surface area contributed by atoms with Crippen molar-refractivity contribution in [2.75, 3.05) is 0 Å². The van der Waals surface area contributed by atoms with E-state index >= 15 is 0 Å². The Labute approximate surface area is 111 Å². The molecule has 0 saturated heterocycles. The maximum absolute atomic E-state index is 4.03. The number of hydrogen-bond donors (Lipinski definition) is 0. The van der Waals surface area contributed by atoms with Crippen molar-refractivity contribution in [3.05, 3.63) is 66.0 Å². The fourth-order valence-corrected chi connectivity index (χ4v) is 2.49. The number of benzene rings is 1. The van der Waals surface area contributed by atoms with Crippen LogP contribution >= 0.6 is 15.9 Å². The molecule has 1 aromatic carbocycles. The highest BCUT2D eigenvalue weighted by molar-refractivity contribution is 9.09. The lowest BCUT2D eigenvalue weighted by Gasteiger charge is -2.09. The Morgan fingerprint density at radius 1 is 1.00 bits per heavy atom. The predicted octanol–water partition coefficient (Wildman–Crippen LogP) is 4.54. The van der Waals surface area contributed by atoms with Gasteiger partial charge in [0.05, 0.1) is 0 Å². The van der Waals surface area contributed by atoms with Gasteiger partial charge in [0.25, 0.3) is 0 Å². The van der Waals surface area contributed by atoms with Gasteiger partial charge < -0.3 is 0 Å². The minimum Gasteiger partial charge on any atom is -0.265 e. The first-order valence-electron chi connectivity index (χ1n) is 5.94. The minimum absolute atomic E-state index is 0.463. The predicted molar refractivity (Wildman–Crippen MR) is 75.3 cm³/mol. The summed E-state index contributed by atoms with van der Waals surface area (Å²) in [7, 11) is 0. The second kappa shape index (κ2) is 6.55. The van der Waals surface area contributed by atoms with Gasteiger partial charge in [0.15, 0.2) is 0 Å². The number of pyridine rings is 1. The summed E-state index contributed by atoms with van der Waals surface area (Å²) in [6.07, 6.45) is 7.19. The van der Waals surface area contributed by atoms with Crippen LogP contribution in [0.4, 0.5) is 0 Å². The number of hydrogen-bond acceptors (Lipinski definition) is 1. The quantitative estimate of drug-likeness (QED) is 0.737. The number of aromatic nitrogens is 1. The van der Waals surface area contributed by atoms with Crippen molar-refractivity contribution >= 4 is 15.9 Å². The van der Waals surface area contributed by atoms with Crippen LogP contribution in [0.5, 0.6) is 0 Å². The van der Waals surface area contributed by atoms with E-state index in [1.165, 1.54) is 17.5 Å². The van der Waals surface area contributed by atoms with Gasteiger partial charge in [-0.15, -0.1) is 0 Å². The number of rotatable bonds is 5. The molecule has 1 aromatic heterocycles. The molecule has 2 aromatic rings. The molecular formula is C15H16BrN. The Morgan fingerprint density at radius 3 is 2.41 bits per heavy atom. The molecule has 0 spiro atoms. The van der Waals surface area contributed by atoms with Gasteiger partial charge in [-0.05, 0) is 42.5 Å². The van der Waals surface area contributed by atoms with E-state index in [0.717, 1.165) is 12.8 Å². The second-order valence-electron chi connectivity index (χ2n) is 4.13. The summed E-state index contributed by atoms with van der Waals surface area (Å²) < 4.78 is 0. The third-order valence-electron chi connectivity index (χ3n) is 2.83. The van der Waals surface area contributed by atoms with Crippen LogP contribution in [0.15, 0.2) is 54.9 Å². The normalized spacial score (nSPS) is 12.3. The van der Waals surface area contributed by atoms with Crippen molar-refractivity contribution in [3.63, 3.8) is 0 Å². The summed E-state index contributed by atoms with van der Waals surface area (Å²) >= 11 is 3.75. The van der Waals surface area contributed by atoms with Crippen LogP contribution in [-0.4, -0.2) is 4.98 Å². The monoisotopic (exact) mass is 289 g/mol. The van der Waals surface area contributed by atoms with Crippen LogP contribution in [0.2, 0.25) is 0 Å². The van der Waals surface area contributed by atoms with Crippen molar-refractivity contribution in [2.45, 2.75) is 24.1 Å². The molecule has 2 rings (SSSR count). The van der Waals surface area contributed by atoms with E-state index in [1.807, 2.05) is 12.4 Å². The third-order valence-corrected chi connectivity index (χ3v) is 3.82. The lowest BCUT2D eigenvalue weighted by Crippen LogP contribution is -1.92. The van der Waals surface area contributed by atoms with Crippen LogP contribution < -0.4 is 0 Å². The maximum atomic E-state index is 4.03. The van der Waals surface area contributed by atoms with Crippen molar-refractivity contribution in [3.8, 4) is 0 Å². The lowest BCUT2D eigenvalue weighted by atomic mass is 10.0. The molecule has 1 atom stereocenters. The molecule has 0 aliphatic carbocycles. The van der Waals surface area contributed by atoms with E-state index in [-0.39, 0.29) is 0 Å². The highest BCUT2D eigenvalue weighted by Gasteiger charge is 2.06. The third kappa shape index (κ3) is 3.97. The Kier molecular flexibility index (Phi) is 4.75.